The van der Waals surface area contributed by atoms with E-state index >= 15 is 0 Å². The minimum atomic E-state index is -4.67. The Hall–Kier alpha value is -4.79. The lowest BCUT2D eigenvalue weighted by molar-refractivity contribution is -0.384. The average molecular weight is 560 g/mol. The van der Waals surface area contributed by atoms with Crippen molar-refractivity contribution in [2.24, 2.45) is 0 Å². The van der Waals surface area contributed by atoms with E-state index in [0.717, 1.165) is 6.07 Å². The van der Waals surface area contributed by atoms with Crippen molar-refractivity contribution < 1.29 is 36.8 Å². The van der Waals surface area contributed by atoms with E-state index in [1.807, 2.05) is 0 Å². The summed E-state index contributed by atoms with van der Waals surface area (Å²) in [7, 11) is 0. The number of anilines is 3. The Morgan fingerprint density at radius 2 is 1.95 bits per heavy atom. The average Bonchev–Trinajstić information content (AvgIpc) is 3.30. The van der Waals surface area contributed by atoms with E-state index in [4.69, 9.17) is 9.47 Å². The fraction of sp³-hybridized carbons (Fsp3) is 0.240. The molecule has 1 N–H and O–H groups in total. The van der Waals surface area contributed by atoms with E-state index in [2.05, 4.69) is 15.3 Å². The summed E-state index contributed by atoms with van der Waals surface area (Å²) in [4.78, 5) is 32.8. The van der Waals surface area contributed by atoms with Gasteiger partial charge in [-0.1, -0.05) is 0 Å². The first-order valence-corrected chi connectivity index (χ1v) is 11.8. The molecule has 0 bridgehead atoms. The number of halogens is 4. The van der Waals surface area contributed by atoms with E-state index < -0.39 is 23.5 Å². The predicted molar refractivity (Wildman–Crippen MR) is 135 cm³/mol. The molecule has 40 heavy (non-hydrogen) atoms. The zero-order valence-electron chi connectivity index (χ0n) is 20.5. The van der Waals surface area contributed by atoms with Gasteiger partial charge in [-0.05, 0) is 24.3 Å². The van der Waals surface area contributed by atoms with Crippen molar-refractivity contribution in [2.45, 2.75) is 6.18 Å². The van der Waals surface area contributed by atoms with Crippen LogP contribution in [0.15, 0.2) is 48.8 Å². The van der Waals surface area contributed by atoms with E-state index in [-0.39, 0.29) is 40.1 Å². The van der Waals surface area contributed by atoms with E-state index in [9.17, 15) is 32.5 Å². The van der Waals surface area contributed by atoms with Gasteiger partial charge >= 0.3 is 6.18 Å². The van der Waals surface area contributed by atoms with Crippen LogP contribution in [0.25, 0.3) is 16.7 Å². The zero-order chi connectivity index (χ0) is 28.4. The van der Waals surface area contributed by atoms with Gasteiger partial charge in [-0.15, -0.1) is 0 Å². The molecule has 3 heterocycles. The number of nitro benzene ring substituents is 1. The molecule has 0 amide bonds. The number of hydrogen-bond acceptors (Lipinski definition) is 9. The summed E-state index contributed by atoms with van der Waals surface area (Å²) in [5.74, 6) is -0.807. The van der Waals surface area contributed by atoms with Crippen molar-refractivity contribution >= 4 is 40.2 Å². The molecule has 0 saturated carbocycles. The maximum absolute atomic E-state index is 14.0. The van der Waals surface area contributed by atoms with Gasteiger partial charge in [0.15, 0.2) is 12.9 Å². The van der Waals surface area contributed by atoms with E-state index in [0.29, 0.717) is 43.5 Å². The van der Waals surface area contributed by atoms with Gasteiger partial charge in [0.05, 0.1) is 29.3 Å². The third-order valence-electron chi connectivity index (χ3n) is 6.08. The van der Waals surface area contributed by atoms with Crippen molar-refractivity contribution in [2.75, 3.05) is 43.1 Å². The van der Waals surface area contributed by atoms with Crippen LogP contribution in [0.3, 0.4) is 0 Å². The van der Waals surface area contributed by atoms with Crippen LogP contribution in [0.2, 0.25) is 0 Å². The Balaban J connectivity index is 1.56. The van der Waals surface area contributed by atoms with Gasteiger partial charge in [0.25, 0.3) is 5.69 Å². The number of aromatic nitrogens is 3. The molecule has 0 unspecified atom stereocenters. The zero-order valence-corrected chi connectivity index (χ0v) is 20.5. The maximum atomic E-state index is 14.0. The second-order valence-corrected chi connectivity index (χ2v) is 8.69. The molecular weight excluding hydrogens is 540 g/mol. The van der Waals surface area contributed by atoms with Gasteiger partial charge in [0, 0.05) is 48.6 Å². The number of benzene rings is 2. The third-order valence-corrected chi connectivity index (χ3v) is 6.08. The summed E-state index contributed by atoms with van der Waals surface area (Å²) < 4.78 is 64.8. The van der Waals surface area contributed by atoms with Gasteiger partial charge < -0.3 is 24.3 Å². The lowest BCUT2D eigenvalue weighted by Gasteiger charge is -2.29. The smallest absolute Gasteiger partial charge is 0.422 e. The monoisotopic (exact) mass is 560 g/mol. The maximum Gasteiger partial charge on any atom is 0.422 e. The first kappa shape index (κ1) is 26.8. The van der Waals surface area contributed by atoms with Crippen molar-refractivity contribution in [3.05, 3.63) is 70.3 Å². The fourth-order valence-electron chi connectivity index (χ4n) is 4.31. The largest absolute Gasteiger partial charge is 0.482 e. The molecule has 0 spiro atoms. The summed E-state index contributed by atoms with van der Waals surface area (Å²) in [5, 5.41) is 15.1. The van der Waals surface area contributed by atoms with Crippen molar-refractivity contribution in [1.29, 1.82) is 0 Å². The molecule has 1 fully saturated rings. The number of nitro groups is 1. The SMILES string of the molecule is O=Cc1cn(-c2ccnc(Nc3cc([N+](=O)[O-])c(N4CCOCC4)cc3OCC(F)(F)F)n2)c2cc(F)ccc12. The van der Waals surface area contributed by atoms with Gasteiger partial charge in [-0.2, -0.15) is 18.2 Å². The minimum absolute atomic E-state index is 0.0768. The minimum Gasteiger partial charge on any atom is -0.482 e. The van der Waals surface area contributed by atoms with E-state index in [1.54, 1.807) is 4.90 Å². The second kappa shape index (κ2) is 10.8. The summed E-state index contributed by atoms with van der Waals surface area (Å²) in [5.41, 5.74) is 0.143. The normalized spacial score (nSPS) is 13.8. The van der Waals surface area contributed by atoms with Gasteiger partial charge in [0.2, 0.25) is 5.95 Å². The highest BCUT2D eigenvalue weighted by molar-refractivity contribution is 5.98. The summed E-state index contributed by atoms with van der Waals surface area (Å²) >= 11 is 0. The molecule has 1 aliphatic rings. The molecule has 15 heteroatoms. The number of carbonyl (C=O) groups is 1. The summed E-state index contributed by atoms with van der Waals surface area (Å²) in [6, 6.07) is 7.56. The third kappa shape index (κ3) is 5.63. The Bertz CT molecular complexity index is 1590. The first-order valence-electron chi connectivity index (χ1n) is 11.8. The highest BCUT2D eigenvalue weighted by Crippen LogP contribution is 2.40. The van der Waals surface area contributed by atoms with Gasteiger partial charge in [-0.3, -0.25) is 14.9 Å². The number of aldehydes is 1. The fourth-order valence-corrected chi connectivity index (χ4v) is 4.31. The van der Waals surface area contributed by atoms with Crippen molar-refractivity contribution in [3.8, 4) is 11.6 Å². The van der Waals surface area contributed by atoms with Crippen LogP contribution in [0.1, 0.15) is 10.4 Å². The van der Waals surface area contributed by atoms with Crippen molar-refractivity contribution in [1.82, 2.24) is 14.5 Å². The van der Waals surface area contributed by atoms with Crippen LogP contribution in [0, 0.1) is 15.9 Å². The molecule has 0 radical (unpaired) electrons. The molecule has 4 aromatic rings. The Labute approximate surface area is 223 Å². The van der Waals surface area contributed by atoms with Crippen LogP contribution in [-0.4, -0.2) is 64.8 Å². The second-order valence-electron chi connectivity index (χ2n) is 8.69. The van der Waals surface area contributed by atoms with Crippen LogP contribution in [0.4, 0.5) is 40.6 Å². The predicted octanol–water partition coefficient (Wildman–Crippen LogP) is 4.80. The number of ether oxygens (including phenoxy) is 2. The molecule has 11 nitrogen and oxygen atoms in total. The highest BCUT2D eigenvalue weighted by atomic mass is 19.4. The van der Waals surface area contributed by atoms with Crippen LogP contribution >= 0.6 is 0 Å². The molecule has 0 atom stereocenters. The Morgan fingerprint density at radius 3 is 2.65 bits per heavy atom. The number of nitrogens with zero attached hydrogens (tertiary/aromatic N) is 5. The summed E-state index contributed by atoms with van der Waals surface area (Å²) in [6.07, 6.45) is -1.29. The molecule has 2 aromatic heterocycles. The number of rotatable bonds is 8. The van der Waals surface area contributed by atoms with E-state index in [1.165, 1.54) is 47.3 Å². The number of morpholine rings is 1. The number of alkyl halides is 3. The Kier molecular flexibility index (Phi) is 7.21. The molecule has 1 saturated heterocycles. The molecule has 208 valence electrons. The van der Waals surface area contributed by atoms with Gasteiger partial charge in [-0.25, -0.2) is 9.37 Å². The highest BCUT2D eigenvalue weighted by Gasteiger charge is 2.31. The summed E-state index contributed by atoms with van der Waals surface area (Å²) in [6.45, 7) is -0.462. The van der Waals surface area contributed by atoms with Crippen LogP contribution < -0.4 is 15.0 Å². The number of nitrogens with one attached hydrogen (secondary N) is 1. The van der Waals surface area contributed by atoms with Gasteiger partial charge in [0.1, 0.15) is 23.1 Å². The first-order chi connectivity index (χ1) is 19.1. The number of hydrogen-bond donors (Lipinski definition) is 1. The standard InChI is InChI=1S/C25H20F4N6O5/c26-16-1-2-17-15(13-36)12-34(19(17)9-16)23-3-4-30-24(32-23)31-18-10-21(35(37)38)20(33-5-7-39-8-6-33)11-22(18)40-14-25(27,28)29/h1-4,9-13H,5-8,14H2,(H,30,31,32). The molecule has 2 aromatic carbocycles. The lowest BCUT2D eigenvalue weighted by atomic mass is 10.2. The molecule has 1 aliphatic heterocycles. The Morgan fingerprint density at radius 1 is 1.18 bits per heavy atom. The number of carbonyl (C=O) groups excluding carboxylic acids is 1. The van der Waals surface area contributed by atoms with Crippen LogP contribution in [0.5, 0.6) is 5.75 Å². The topological polar surface area (TPSA) is 125 Å². The lowest BCUT2D eigenvalue weighted by Crippen LogP contribution is -2.36. The number of fused-ring (bicyclic) bond motifs is 1. The quantitative estimate of drug-likeness (QED) is 0.140. The van der Waals surface area contributed by atoms with Crippen LogP contribution in [-0.2, 0) is 4.74 Å². The molecular formula is C25H20F4N6O5. The van der Waals surface area contributed by atoms with Crippen molar-refractivity contribution in [3.63, 3.8) is 0 Å². The molecule has 5 rings (SSSR count). The molecule has 0 aliphatic carbocycles.